The molecule has 1 aromatic heterocycles. The Hall–Kier alpha value is -2.74. The smallest absolute Gasteiger partial charge is 0.163 e. The average molecular weight is 380 g/mol. The maximum Gasteiger partial charge on any atom is 0.163 e. The Morgan fingerprint density at radius 1 is 1.07 bits per heavy atom. The summed E-state index contributed by atoms with van der Waals surface area (Å²) in [5, 5.41) is 12.9. The Kier molecular flexibility index (Phi) is 7.13. The summed E-state index contributed by atoms with van der Waals surface area (Å²) in [6.07, 6.45) is 10.9. The van der Waals surface area contributed by atoms with E-state index in [0.29, 0.717) is 18.2 Å². The van der Waals surface area contributed by atoms with Gasteiger partial charge in [0.15, 0.2) is 5.69 Å². The van der Waals surface area contributed by atoms with E-state index in [1.165, 1.54) is 50.5 Å². The highest BCUT2D eigenvalue weighted by Gasteiger charge is 2.16. The van der Waals surface area contributed by atoms with Crippen LogP contribution in [0.3, 0.4) is 0 Å². The fraction of sp³-hybridized carbons (Fsp3) is 0.478. The number of nitrogens with one attached hydrogen (secondary N) is 1. The van der Waals surface area contributed by atoms with Crippen molar-refractivity contribution >= 4 is 5.69 Å². The summed E-state index contributed by atoms with van der Waals surface area (Å²) < 4.78 is 10.7. The Bertz CT molecular complexity index is 821. The molecule has 0 unspecified atom stereocenters. The lowest BCUT2D eigenvalue weighted by Gasteiger charge is -2.21. The molecule has 1 aliphatic carbocycles. The van der Waals surface area contributed by atoms with Crippen molar-refractivity contribution in [2.75, 3.05) is 19.5 Å². The molecular weight excluding hydrogens is 350 g/mol. The highest BCUT2D eigenvalue weighted by atomic mass is 16.5. The highest BCUT2D eigenvalue weighted by molar-refractivity contribution is 5.56. The quantitative estimate of drug-likeness (QED) is 0.727. The van der Waals surface area contributed by atoms with E-state index in [1.54, 1.807) is 14.2 Å². The first-order chi connectivity index (χ1) is 13.7. The van der Waals surface area contributed by atoms with Crippen molar-refractivity contribution in [3.63, 3.8) is 0 Å². The minimum absolute atomic E-state index is 0.432. The minimum Gasteiger partial charge on any atom is -0.497 e. The molecule has 0 bridgehead atoms. The third kappa shape index (κ3) is 4.95. The summed E-state index contributed by atoms with van der Waals surface area (Å²) in [6, 6.07) is 10.1. The van der Waals surface area contributed by atoms with Crippen LogP contribution in [0.15, 0.2) is 30.5 Å². The number of aromatic nitrogens is 1. The Morgan fingerprint density at radius 3 is 2.50 bits per heavy atom. The number of anilines is 1. The van der Waals surface area contributed by atoms with E-state index in [0.717, 1.165) is 22.7 Å². The van der Waals surface area contributed by atoms with Crippen molar-refractivity contribution in [2.45, 2.75) is 57.4 Å². The third-order valence-electron chi connectivity index (χ3n) is 5.55. The predicted molar refractivity (Wildman–Crippen MR) is 111 cm³/mol. The molecule has 28 heavy (non-hydrogen) atoms. The standard InChI is InChI=1S/C23H29N3O2/c1-27-20-11-10-18(23(13-20)28-2)15-25-21-12-19(16-26-22(21)14-24)17-8-6-4-3-5-7-9-17/h10-13,16-17,25H,3-9,15H2,1-2H3. The van der Waals surface area contributed by atoms with Crippen molar-refractivity contribution in [3.8, 4) is 17.6 Å². The zero-order chi connectivity index (χ0) is 19.8. The van der Waals surface area contributed by atoms with Gasteiger partial charge in [0.25, 0.3) is 0 Å². The zero-order valence-corrected chi connectivity index (χ0v) is 16.8. The molecule has 3 rings (SSSR count). The molecule has 0 radical (unpaired) electrons. The number of benzene rings is 1. The summed E-state index contributed by atoms with van der Waals surface area (Å²) in [4.78, 5) is 4.43. The van der Waals surface area contributed by atoms with Crippen molar-refractivity contribution in [3.05, 3.63) is 47.3 Å². The first-order valence-electron chi connectivity index (χ1n) is 10.1. The molecule has 1 aliphatic rings. The van der Waals surface area contributed by atoms with Crippen LogP contribution in [0, 0.1) is 11.3 Å². The maximum atomic E-state index is 9.47. The van der Waals surface area contributed by atoms with Crippen LogP contribution < -0.4 is 14.8 Å². The molecule has 1 fully saturated rings. The van der Waals surface area contributed by atoms with Gasteiger partial charge in [0, 0.05) is 24.4 Å². The molecule has 5 heteroatoms. The van der Waals surface area contributed by atoms with Gasteiger partial charge in [-0.1, -0.05) is 32.1 Å². The number of hydrogen-bond acceptors (Lipinski definition) is 5. The van der Waals surface area contributed by atoms with Crippen LogP contribution in [0.4, 0.5) is 5.69 Å². The molecule has 1 N–H and O–H groups in total. The SMILES string of the molecule is COc1ccc(CNc2cc(C3CCCCCCC3)cnc2C#N)c(OC)c1. The Labute approximate surface area is 167 Å². The van der Waals surface area contributed by atoms with Crippen molar-refractivity contribution in [2.24, 2.45) is 0 Å². The molecule has 5 nitrogen and oxygen atoms in total. The summed E-state index contributed by atoms with van der Waals surface area (Å²) >= 11 is 0. The van der Waals surface area contributed by atoms with Crippen LogP contribution in [0.5, 0.6) is 11.5 Å². The first kappa shape index (κ1) is 20.0. The zero-order valence-electron chi connectivity index (χ0n) is 16.8. The largest absolute Gasteiger partial charge is 0.497 e. The lowest BCUT2D eigenvalue weighted by Crippen LogP contribution is -2.08. The summed E-state index contributed by atoms with van der Waals surface area (Å²) in [6.45, 7) is 0.553. The van der Waals surface area contributed by atoms with Gasteiger partial charge >= 0.3 is 0 Å². The molecular formula is C23H29N3O2. The number of nitrogens with zero attached hydrogens (tertiary/aromatic N) is 2. The van der Waals surface area contributed by atoms with E-state index < -0.39 is 0 Å². The van der Waals surface area contributed by atoms with Crippen LogP contribution in [-0.4, -0.2) is 19.2 Å². The van der Waals surface area contributed by atoms with E-state index in [4.69, 9.17) is 9.47 Å². The fourth-order valence-corrected chi connectivity index (χ4v) is 3.91. The van der Waals surface area contributed by atoms with Gasteiger partial charge in [-0.25, -0.2) is 4.98 Å². The molecule has 0 saturated heterocycles. The first-order valence-corrected chi connectivity index (χ1v) is 10.1. The maximum absolute atomic E-state index is 9.47. The number of ether oxygens (including phenoxy) is 2. The summed E-state index contributed by atoms with van der Waals surface area (Å²) in [5.74, 6) is 2.05. The van der Waals surface area contributed by atoms with Gasteiger partial charge in [0.1, 0.15) is 17.6 Å². The number of hydrogen-bond donors (Lipinski definition) is 1. The van der Waals surface area contributed by atoms with Gasteiger partial charge in [-0.15, -0.1) is 0 Å². The number of rotatable bonds is 6. The van der Waals surface area contributed by atoms with Gasteiger partial charge < -0.3 is 14.8 Å². The normalized spacial score (nSPS) is 15.2. The number of methoxy groups -OCH3 is 2. The molecule has 148 valence electrons. The van der Waals surface area contributed by atoms with Crippen LogP contribution in [0.2, 0.25) is 0 Å². The minimum atomic E-state index is 0.432. The van der Waals surface area contributed by atoms with Crippen LogP contribution >= 0.6 is 0 Å². The summed E-state index contributed by atoms with van der Waals surface area (Å²) in [5.41, 5.74) is 3.47. The third-order valence-corrected chi connectivity index (χ3v) is 5.55. The molecule has 0 spiro atoms. The van der Waals surface area contributed by atoms with Gasteiger partial charge in [-0.2, -0.15) is 5.26 Å². The fourth-order valence-electron chi connectivity index (χ4n) is 3.91. The second kappa shape index (κ2) is 9.98. The molecule has 0 aliphatic heterocycles. The van der Waals surface area contributed by atoms with Gasteiger partial charge in [0.2, 0.25) is 0 Å². The van der Waals surface area contributed by atoms with Crippen molar-refractivity contribution < 1.29 is 9.47 Å². The average Bonchev–Trinajstić information content (AvgIpc) is 2.71. The van der Waals surface area contributed by atoms with Gasteiger partial charge in [-0.05, 0) is 42.5 Å². The second-order valence-electron chi connectivity index (χ2n) is 7.35. The monoisotopic (exact) mass is 379 g/mol. The van der Waals surface area contributed by atoms with Crippen molar-refractivity contribution in [1.29, 1.82) is 5.26 Å². The second-order valence-corrected chi connectivity index (χ2v) is 7.35. The molecule has 2 aromatic rings. The molecule has 1 saturated carbocycles. The van der Waals surface area contributed by atoms with Crippen LogP contribution in [-0.2, 0) is 6.54 Å². The molecule has 1 aromatic carbocycles. The van der Waals surface area contributed by atoms with E-state index in [1.807, 2.05) is 24.4 Å². The predicted octanol–water partition coefficient (Wildman–Crippen LogP) is 5.41. The molecule has 0 amide bonds. The van der Waals surface area contributed by atoms with Crippen molar-refractivity contribution in [1.82, 2.24) is 4.98 Å². The van der Waals surface area contributed by atoms with E-state index in [2.05, 4.69) is 22.4 Å². The number of nitriles is 1. The van der Waals surface area contributed by atoms with Crippen LogP contribution in [0.1, 0.15) is 67.7 Å². The lowest BCUT2D eigenvalue weighted by atomic mass is 9.86. The molecule has 0 atom stereocenters. The number of pyridine rings is 1. The van der Waals surface area contributed by atoms with E-state index >= 15 is 0 Å². The summed E-state index contributed by atoms with van der Waals surface area (Å²) in [7, 11) is 3.29. The Morgan fingerprint density at radius 2 is 1.82 bits per heavy atom. The van der Waals surface area contributed by atoms with Gasteiger partial charge in [-0.3, -0.25) is 0 Å². The van der Waals surface area contributed by atoms with E-state index in [-0.39, 0.29) is 0 Å². The Balaban J connectivity index is 1.78. The van der Waals surface area contributed by atoms with E-state index in [9.17, 15) is 5.26 Å². The topological polar surface area (TPSA) is 67.2 Å². The van der Waals surface area contributed by atoms with Gasteiger partial charge in [0.05, 0.1) is 19.9 Å². The van der Waals surface area contributed by atoms with Crippen LogP contribution in [0.25, 0.3) is 0 Å². The lowest BCUT2D eigenvalue weighted by molar-refractivity contribution is 0.391. The molecule has 1 heterocycles. The highest BCUT2D eigenvalue weighted by Crippen LogP contribution is 2.33.